The molecule has 6 heteroatoms. The lowest BCUT2D eigenvalue weighted by atomic mass is 10.1. The summed E-state index contributed by atoms with van der Waals surface area (Å²) in [5.41, 5.74) is 3.73. The number of hydrazone groups is 1. The predicted octanol–water partition coefficient (Wildman–Crippen LogP) is 2.68. The van der Waals surface area contributed by atoms with Crippen molar-refractivity contribution in [3.63, 3.8) is 0 Å². The SMILES string of the molecule is C/C(=N/Nc1ccc(Cl)c(C(=O)[O-])c1)c1ccccc1F. The number of carboxylic acids is 1. The largest absolute Gasteiger partial charge is 0.545 e. The first kappa shape index (κ1) is 15.0. The van der Waals surface area contributed by atoms with Crippen LogP contribution < -0.4 is 10.5 Å². The van der Waals surface area contributed by atoms with Gasteiger partial charge in [-0.3, -0.25) is 5.43 Å². The Morgan fingerprint density at radius 2 is 1.95 bits per heavy atom. The number of nitrogens with one attached hydrogen (secondary N) is 1. The number of carboxylic acid groups (broad SMARTS) is 1. The van der Waals surface area contributed by atoms with Crippen LogP contribution in [0.5, 0.6) is 0 Å². The minimum atomic E-state index is -1.38. The molecule has 0 bridgehead atoms. The third-order valence-corrected chi connectivity index (χ3v) is 3.13. The van der Waals surface area contributed by atoms with Crippen LogP contribution >= 0.6 is 11.6 Å². The zero-order valence-corrected chi connectivity index (χ0v) is 11.8. The van der Waals surface area contributed by atoms with Crippen LogP contribution in [0.2, 0.25) is 5.02 Å². The number of aromatic carboxylic acids is 1. The Hall–Kier alpha value is -2.40. The molecule has 21 heavy (non-hydrogen) atoms. The summed E-state index contributed by atoms with van der Waals surface area (Å²) in [6.45, 7) is 1.64. The monoisotopic (exact) mass is 305 g/mol. The van der Waals surface area contributed by atoms with Crippen molar-refractivity contribution < 1.29 is 14.3 Å². The van der Waals surface area contributed by atoms with Crippen molar-refractivity contribution in [1.82, 2.24) is 0 Å². The second-order valence-corrected chi connectivity index (χ2v) is 4.68. The average molecular weight is 306 g/mol. The number of halogens is 2. The maximum Gasteiger partial charge on any atom is 0.132 e. The number of rotatable bonds is 4. The lowest BCUT2D eigenvalue weighted by molar-refractivity contribution is -0.255. The van der Waals surface area contributed by atoms with Gasteiger partial charge in [-0.2, -0.15) is 5.10 Å². The summed E-state index contributed by atoms with van der Waals surface area (Å²) < 4.78 is 13.6. The number of benzene rings is 2. The fourth-order valence-electron chi connectivity index (χ4n) is 1.71. The molecule has 2 rings (SSSR count). The molecule has 0 radical (unpaired) electrons. The first-order valence-electron chi connectivity index (χ1n) is 6.05. The molecule has 0 heterocycles. The van der Waals surface area contributed by atoms with Gasteiger partial charge in [0.25, 0.3) is 0 Å². The summed E-state index contributed by atoms with van der Waals surface area (Å²) in [6, 6.07) is 10.5. The molecule has 1 N–H and O–H groups in total. The van der Waals surface area contributed by atoms with Gasteiger partial charge in [0.1, 0.15) is 5.82 Å². The van der Waals surface area contributed by atoms with Crippen molar-refractivity contribution in [3.8, 4) is 0 Å². The summed E-state index contributed by atoms with van der Waals surface area (Å²) in [5.74, 6) is -1.76. The summed E-state index contributed by atoms with van der Waals surface area (Å²) in [5, 5.41) is 15.0. The number of nitrogens with zero attached hydrogens (tertiary/aromatic N) is 1. The van der Waals surface area contributed by atoms with E-state index in [0.717, 1.165) is 0 Å². The highest BCUT2D eigenvalue weighted by atomic mass is 35.5. The number of anilines is 1. The van der Waals surface area contributed by atoms with Gasteiger partial charge in [-0.15, -0.1) is 0 Å². The van der Waals surface area contributed by atoms with Crippen LogP contribution in [0.4, 0.5) is 10.1 Å². The molecule has 0 fully saturated rings. The van der Waals surface area contributed by atoms with Crippen molar-refractivity contribution >= 4 is 29.0 Å². The summed E-state index contributed by atoms with van der Waals surface area (Å²) in [7, 11) is 0. The van der Waals surface area contributed by atoms with E-state index in [0.29, 0.717) is 17.0 Å². The average Bonchev–Trinajstić information content (AvgIpc) is 2.46. The third-order valence-electron chi connectivity index (χ3n) is 2.80. The second-order valence-electron chi connectivity index (χ2n) is 4.27. The Bertz CT molecular complexity index is 717. The van der Waals surface area contributed by atoms with Crippen LogP contribution in [0.15, 0.2) is 47.6 Å². The Morgan fingerprint density at radius 3 is 2.62 bits per heavy atom. The van der Waals surface area contributed by atoms with Crippen molar-refractivity contribution in [2.45, 2.75) is 6.92 Å². The predicted molar refractivity (Wildman–Crippen MR) is 78.0 cm³/mol. The van der Waals surface area contributed by atoms with Crippen molar-refractivity contribution in [2.24, 2.45) is 5.10 Å². The third kappa shape index (κ3) is 3.58. The van der Waals surface area contributed by atoms with E-state index in [1.807, 2.05) is 0 Å². The zero-order chi connectivity index (χ0) is 15.4. The van der Waals surface area contributed by atoms with E-state index in [9.17, 15) is 14.3 Å². The summed E-state index contributed by atoms with van der Waals surface area (Å²) >= 11 is 5.74. The molecule has 4 nitrogen and oxygen atoms in total. The van der Waals surface area contributed by atoms with Crippen LogP contribution in [0.1, 0.15) is 22.8 Å². The number of carbonyl (C=O) groups is 1. The number of hydrogen-bond donors (Lipinski definition) is 1. The topological polar surface area (TPSA) is 64.5 Å². The Labute approximate surface area is 125 Å². The van der Waals surface area contributed by atoms with Crippen molar-refractivity contribution in [1.29, 1.82) is 0 Å². The Kier molecular flexibility index (Phi) is 4.55. The molecule has 0 saturated carbocycles. The van der Waals surface area contributed by atoms with Crippen molar-refractivity contribution in [3.05, 3.63) is 64.4 Å². The lowest BCUT2D eigenvalue weighted by Crippen LogP contribution is -2.22. The zero-order valence-electron chi connectivity index (χ0n) is 11.1. The van der Waals surface area contributed by atoms with Gasteiger partial charge in [-0.25, -0.2) is 4.39 Å². The number of carbonyl (C=O) groups excluding carboxylic acids is 1. The lowest BCUT2D eigenvalue weighted by Gasteiger charge is -2.09. The maximum absolute atomic E-state index is 13.6. The number of hydrogen-bond acceptors (Lipinski definition) is 4. The molecule has 2 aromatic rings. The maximum atomic E-state index is 13.6. The first-order chi connectivity index (χ1) is 9.99. The minimum Gasteiger partial charge on any atom is -0.545 e. The van der Waals surface area contributed by atoms with Gasteiger partial charge in [0, 0.05) is 16.1 Å². The normalized spacial score (nSPS) is 11.3. The first-order valence-corrected chi connectivity index (χ1v) is 6.43. The molecule has 2 aromatic carbocycles. The molecule has 0 unspecified atom stereocenters. The van der Waals surface area contributed by atoms with Crippen LogP contribution in [0.25, 0.3) is 0 Å². The molecular weight excluding hydrogens is 295 g/mol. The molecule has 0 saturated heterocycles. The highest BCUT2D eigenvalue weighted by Crippen LogP contribution is 2.20. The molecule has 0 aliphatic carbocycles. The van der Waals surface area contributed by atoms with Gasteiger partial charge in [0.2, 0.25) is 0 Å². The van der Waals surface area contributed by atoms with Gasteiger partial charge < -0.3 is 9.90 Å². The van der Waals surface area contributed by atoms with Crippen LogP contribution in [0, 0.1) is 5.82 Å². The van der Waals surface area contributed by atoms with E-state index in [4.69, 9.17) is 11.6 Å². The fraction of sp³-hybridized carbons (Fsp3) is 0.0667. The Morgan fingerprint density at radius 1 is 1.24 bits per heavy atom. The van der Waals surface area contributed by atoms with Crippen LogP contribution in [-0.4, -0.2) is 11.7 Å². The molecule has 0 spiro atoms. The van der Waals surface area contributed by atoms with E-state index >= 15 is 0 Å². The van der Waals surface area contributed by atoms with Gasteiger partial charge in [-0.05, 0) is 31.2 Å². The Balaban J connectivity index is 2.23. The van der Waals surface area contributed by atoms with E-state index in [-0.39, 0.29) is 16.4 Å². The van der Waals surface area contributed by atoms with E-state index < -0.39 is 5.97 Å². The summed E-state index contributed by atoms with van der Waals surface area (Å²) in [6.07, 6.45) is 0. The molecular formula is C15H11ClFN2O2-. The molecule has 0 atom stereocenters. The highest BCUT2D eigenvalue weighted by molar-refractivity contribution is 6.33. The van der Waals surface area contributed by atoms with E-state index in [2.05, 4.69) is 10.5 Å². The standard InChI is InChI=1S/C15H12ClFN2O2/c1-9(11-4-2-3-5-14(11)17)18-19-10-6-7-13(16)12(8-10)15(20)21/h2-8,19H,1H3,(H,20,21)/p-1/b18-9-. The molecule has 0 aliphatic rings. The quantitative estimate of drug-likeness (QED) is 0.697. The minimum absolute atomic E-state index is 0.0790. The highest BCUT2D eigenvalue weighted by Gasteiger charge is 2.05. The molecule has 0 aromatic heterocycles. The molecule has 108 valence electrons. The van der Waals surface area contributed by atoms with E-state index in [1.54, 1.807) is 31.2 Å². The van der Waals surface area contributed by atoms with Crippen molar-refractivity contribution in [2.75, 3.05) is 5.43 Å². The van der Waals surface area contributed by atoms with Gasteiger partial charge in [0.15, 0.2) is 0 Å². The van der Waals surface area contributed by atoms with Gasteiger partial charge >= 0.3 is 0 Å². The smallest absolute Gasteiger partial charge is 0.132 e. The second kappa shape index (κ2) is 6.37. The van der Waals surface area contributed by atoms with E-state index in [1.165, 1.54) is 18.2 Å². The van der Waals surface area contributed by atoms with Gasteiger partial charge in [-0.1, -0.05) is 29.8 Å². The molecule has 0 aliphatic heterocycles. The fourth-order valence-corrected chi connectivity index (χ4v) is 1.91. The van der Waals surface area contributed by atoms with Crippen LogP contribution in [-0.2, 0) is 0 Å². The van der Waals surface area contributed by atoms with Gasteiger partial charge in [0.05, 0.1) is 17.4 Å². The summed E-state index contributed by atoms with van der Waals surface area (Å²) in [4.78, 5) is 10.9. The van der Waals surface area contributed by atoms with Crippen LogP contribution in [0.3, 0.4) is 0 Å². The molecule has 0 amide bonds.